The number of benzene rings is 7. The summed E-state index contributed by atoms with van der Waals surface area (Å²) < 4.78 is 3.89. The topological polar surface area (TPSA) is 78.1 Å². The molecule has 9 aromatic rings. The molecule has 0 saturated heterocycles. The summed E-state index contributed by atoms with van der Waals surface area (Å²) in [6.45, 7) is 31.5. The SMILES string of the molecule is [C-]#[N+]c1cc(C#N)c(-n2c3ccccc3c3cc(N(c4ccccc4)c4ccc5c(c4)c4ccccc4n5-c4c([N+]#[C-])cc(C#N)cc4[N+]#[C-])ccc32)c([N+]#[C-])c1. The zero-order valence-corrected chi connectivity index (χ0v) is 29.8. The largest absolute Gasteiger partial charge is 0.329 e. The Morgan fingerprint density at radius 3 is 1.44 bits per heavy atom. The Hall–Kier alpha value is -9.12. The van der Waals surface area contributed by atoms with Gasteiger partial charge in [-0.05, 0) is 84.9 Å². The zero-order valence-electron chi connectivity index (χ0n) is 29.8. The van der Waals surface area contributed by atoms with Crippen LogP contribution >= 0.6 is 0 Å². The van der Waals surface area contributed by atoms with Crippen LogP contribution < -0.4 is 4.90 Å². The van der Waals surface area contributed by atoms with E-state index in [1.165, 1.54) is 24.3 Å². The van der Waals surface area contributed by atoms with Gasteiger partial charge in [-0.15, -0.1) is 0 Å². The van der Waals surface area contributed by atoms with E-state index in [0.717, 1.165) is 60.7 Å². The van der Waals surface area contributed by atoms with Gasteiger partial charge in [0.05, 0.1) is 77.4 Å². The van der Waals surface area contributed by atoms with Gasteiger partial charge in [-0.3, -0.25) is 0 Å². The molecule has 9 rings (SSSR count). The van der Waals surface area contributed by atoms with E-state index >= 15 is 0 Å². The van der Waals surface area contributed by atoms with Crippen molar-refractivity contribution in [3.05, 3.63) is 196 Å². The molecule has 0 spiro atoms. The molecular weight excluding hydrogens is 703 g/mol. The number of anilines is 3. The van der Waals surface area contributed by atoms with Gasteiger partial charge in [0.1, 0.15) is 0 Å². The number of fused-ring (bicyclic) bond motifs is 6. The molecule has 260 valence electrons. The molecule has 0 aliphatic carbocycles. The van der Waals surface area contributed by atoms with Crippen LogP contribution in [0.4, 0.5) is 39.8 Å². The second-order valence-electron chi connectivity index (χ2n) is 13.2. The number of hydrogen-bond donors (Lipinski definition) is 0. The van der Waals surface area contributed by atoms with Crippen molar-refractivity contribution in [3.63, 3.8) is 0 Å². The Labute approximate surface area is 326 Å². The molecule has 2 heterocycles. The first-order chi connectivity index (χ1) is 28.0. The maximum absolute atomic E-state index is 10.2. The Morgan fingerprint density at radius 1 is 0.439 bits per heavy atom. The first-order valence-corrected chi connectivity index (χ1v) is 17.6. The normalized spacial score (nSPS) is 10.7. The highest BCUT2D eigenvalue weighted by Gasteiger charge is 2.23. The molecule has 0 aliphatic heterocycles. The summed E-state index contributed by atoms with van der Waals surface area (Å²) in [4.78, 5) is 17.0. The lowest BCUT2D eigenvalue weighted by atomic mass is 10.1. The fourth-order valence-corrected chi connectivity index (χ4v) is 7.85. The van der Waals surface area contributed by atoms with Crippen molar-refractivity contribution < 1.29 is 0 Å². The van der Waals surface area contributed by atoms with Gasteiger partial charge in [-0.25, -0.2) is 19.4 Å². The highest BCUT2D eigenvalue weighted by Crippen LogP contribution is 2.45. The summed E-state index contributed by atoms with van der Waals surface area (Å²) in [7, 11) is 0. The molecule has 0 N–H and O–H groups in total. The van der Waals surface area contributed by atoms with Crippen LogP contribution in [0.15, 0.2) is 140 Å². The maximum Gasteiger partial charge on any atom is 0.201 e. The third kappa shape index (κ3) is 5.19. The third-order valence-corrected chi connectivity index (χ3v) is 10.2. The van der Waals surface area contributed by atoms with Crippen LogP contribution in [-0.2, 0) is 0 Å². The first-order valence-electron chi connectivity index (χ1n) is 17.6. The molecule has 9 nitrogen and oxygen atoms in total. The highest BCUT2D eigenvalue weighted by atomic mass is 15.1. The summed E-state index contributed by atoms with van der Waals surface area (Å²) in [6.07, 6.45) is 0. The van der Waals surface area contributed by atoms with E-state index in [1.54, 1.807) is 0 Å². The van der Waals surface area contributed by atoms with E-state index < -0.39 is 0 Å². The quantitative estimate of drug-likeness (QED) is 0.166. The van der Waals surface area contributed by atoms with Crippen LogP contribution in [0.2, 0.25) is 0 Å². The molecule has 9 heteroatoms. The minimum atomic E-state index is 0.220. The van der Waals surface area contributed by atoms with E-state index in [0.29, 0.717) is 11.4 Å². The number of nitrogens with zero attached hydrogens (tertiary/aromatic N) is 9. The summed E-state index contributed by atoms with van der Waals surface area (Å²) >= 11 is 0. The molecule has 0 saturated carbocycles. The molecule has 2 aromatic heterocycles. The molecule has 0 amide bonds. The van der Waals surface area contributed by atoms with Crippen LogP contribution in [0, 0.1) is 49.0 Å². The van der Waals surface area contributed by atoms with Gasteiger partial charge in [0.15, 0.2) is 5.69 Å². The Kier molecular flexibility index (Phi) is 7.91. The summed E-state index contributed by atoms with van der Waals surface area (Å²) in [5, 5.41) is 23.6. The maximum atomic E-state index is 10.2. The van der Waals surface area contributed by atoms with E-state index in [-0.39, 0.29) is 33.9 Å². The van der Waals surface area contributed by atoms with E-state index in [2.05, 4.69) is 48.6 Å². The van der Waals surface area contributed by atoms with Crippen molar-refractivity contribution in [3.8, 4) is 23.5 Å². The third-order valence-electron chi connectivity index (χ3n) is 10.2. The van der Waals surface area contributed by atoms with Gasteiger partial charge >= 0.3 is 0 Å². The van der Waals surface area contributed by atoms with Crippen LogP contribution in [0.3, 0.4) is 0 Å². The van der Waals surface area contributed by atoms with Crippen molar-refractivity contribution in [1.29, 1.82) is 10.5 Å². The molecule has 0 fully saturated rings. The molecule has 0 unspecified atom stereocenters. The monoisotopic (exact) mass is 725 g/mol. The van der Waals surface area contributed by atoms with Crippen molar-refractivity contribution in [2.45, 2.75) is 0 Å². The predicted octanol–water partition coefficient (Wildman–Crippen LogP) is 13.3. The summed E-state index contributed by atoms with van der Waals surface area (Å²) in [5.41, 5.74) is 8.17. The van der Waals surface area contributed by atoms with E-state index in [9.17, 15) is 10.5 Å². The highest BCUT2D eigenvalue weighted by molar-refractivity contribution is 6.13. The Balaban J connectivity index is 1.30. The zero-order chi connectivity index (χ0) is 39.2. The van der Waals surface area contributed by atoms with Crippen LogP contribution in [0.1, 0.15) is 11.1 Å². The number of para-hydroxylation sites is 3. The fraction of sp³-hybridized carbons (Fsp3) is 0. The van der Waals surface area contributed by atoms with Gasteiger partial charge in [0, 0.05) is 44.2 Å². The van der Waals surface area contributed by atoms with E-state index in [4.69, 9.17) is 26.3 Å². The van der Waals surface area contributed by atoms with Gasteiger partial charge < -0.3 is 14.0 Å². The van der Waals surface area contributed by atoms with Crippen molar-refractivity contribution in [1.82, 2.24) is 9.13 Å². The lowest BCUT2D eigenvalue weighted by molar-refractivity contribution is 1.17. The second kappa shape index (κ2) is 13.4. The van der Waals surface area contributed by atoms with Gasteiger partial charge in [0.25, 0.3) is 0 Å². The summed E-state index contributed by atoms with van der Waals surface area (Å²) in [5.74, 6) is 0. The predicted molar refractivity (Wildman–Crippen MR) is 224 cm³/mol. The summed E-state index contributed by atoms with van der Waals surface area (Å²) in [6, 6.07) is 48.6. The minimum absolute atomic E-state index is 0.220. The van der Waals surface area contributed by atoms with Crippen LogP contribution in [0.5, 0.6) is 0 Å². The fourth-order valence-electron chi connectivity index (χ4n) is 7.85. The number of nitriles is 2. The number of hydrogen-bond acceptors (Lipinski definition) is 3. The lowest BCUT2D eigenvalue weighted by Gasteiger charge is -2.26. The standard InChI is InChI=1S/C48H23N9/c1-51-32-24-31(29-50)47(42(25-32)54-4)56-43-16-10-8-14-36(43)38-26-34(18-20-45(38)56)55(33-12-6-5-7-13-33)35-19-21-46-39(27-35)37-15-9-11-17-44(37)57(46)48-40(52-2)22-30(28-49)23-41(48)53-3/h5-27H. The average molecular weight is 726 g/mol. The molecule has 57 heavy (non-hydrogen) atoms. The molecule has 0 atom stereocenters. The Bertz CT molecular complexity index is 3160. The van der Waals surface area contributed by atoms with Gasteiger partial charge in [0.2, 0.25) is 17.1 Å². The Morgan fingerprint density at radius 2 is 0.930 bits per heavy atom. The van der Waals surface area contributed by atoms with E-state index in [1.807, 2.05) is 112 Å². The smallest absolute Gasteiger partial charge is 0.201 e. The average Bonchev–Trinajstić information content (AvgIpc) is 3.77. The lowest BCUT2D eigenvalue weighted by Crippen LogP contribution is -2.10. The molecule has 0 aliphatic rings. The first kappa shape index (κ1) is 33.7. The van der Waals surface area contributed by atoms with Gasteiger partial charge in [-0.1, -0.05) is 54.6 Å². The molecule has 7 aromatic carbocycles. The minimum Gasteiger partial charge on any atom is -0.329 e. The van der Waals surface area contributed by atoms with Crippen molar-refractivity contribution in [2.75, 3.05) is 4.90 Å². The molecular formula is C48H23N9. The van der Waals surface area contributed by atoms with Crippen molar-refractivity contribution in [2.24, 2.45) is 0 Å². The van der Waals surface area contributed by atoms with Crippen molar-refractivity contribution >= 4 is 83.4 Å². The molecule has 0 bridgehead atoms. The molecule has 0 radical (unpaired) electrons. The van der Waals surface area contributed by atoms with Gasteiger partial charge in [-0.2, -0.15) is 10.5 Å². The number of aromatic nitrogens is 2. The number of rotatable bonds is 5. The van der Waals surface area contributed by atoms with Crippen LogP contribution in [-0.4, -0.2) is 9.13 Å². The second-order valence-corrected chi connectivity index (χ2v) is 13.2. The van der Waals surface area contributed by atoms with Crippen LogP contribution in [0.25, 0.3) is 74.4 Å².